The predicted molar refractivity (Wildman–Crippen MR) is 71.4 cm³/mol. The molecule has 1 aromatic heterocycles. The van der Waals surface area contributed by atoms with Crippen LogP contribution in [0.5, 0.6) is 0 Å². The Labute approximate surface area is 105 Å². The van der Waals surface area contributed by atoms with Gasteiger partial charge in [-0.25, -0.2) is 0 Å². The third-order valence-electron chi connectivity index (χ3n) is 3.31. The van der Waals surface area contributed by atoms with Crippen molar-refractivity contribution >= 4 is 10.8 Å². The van der Waals surface area contributed by atoms with Gasteiger partial charge in [0.05, 0.1) is 5.69 Å². The summed E-state index contributed by atoms with van der Waals surface area (Å²) in [6.45, 7) is 2.99. The Kier molecular flexibility index (Phi) is 4.68. The predicted octanol–water partition coefficient (Wildman–Crippen LogP) is 1.64. The minimum atomic E-state index is -0.571. The van der Waals surface area contributed by atoms with Crippen molar-refractivity contribution < 1.29 is 4.21 Å². The number of pyridine rings is 1. The number of hydrogen-bond donors (Lipinski definition) is 1. The molecule has 1 aliphatic heterocycles. The van der Waals surface area contributed by atoms with Crippen molar-refractivity contribution in [2.45, 2.75) is 38.8 Å². The maximum absolute atomic E-state index is 11.3. The highest BCUT2D eigenvalue weighted by molar-refractivity contribution is 7.85. The molecule has 0 aliphatic carbocycles. The minimum Gasteiger partial charge on any atom is -0.308 e. The molecular weight excluding hydrogens is 232 g/mol. The van der Waals surface area contributed by atoms with E-state index >= 15 is 0 Å². The van der Waals surface area contributed by atoms with E-state index in [0.717, 1.165) is 43.0 Å². The van der Waals surface area contributed by atoms with Crippen molar-refractivity contribution in [1.29, 1.82) is 0 Å². The first-order valence-electron chi connectivity index (χ1n) is 6.30. The lowest BCUT2D eigenvalue weighted by molar-refractivity contribution is 0.471. The molecule has 0 aromatic carbocycles. The van der Waals surface area contributed by atoms with Crippen molar-refractivity contribution in [3.05, 3.63) is 29.6 Å². The van der Waals surface area contributed by atoms with Crippen molar-refractivity contribution in [1.82, 2.24) is 10.3 Å². The fraction of sp³-hybridized carbons (Fsp3) is 0.615. The summed E-state index contributed by atoms with van der Waals surface area (Å²) in [4.78, 5) is 4.43. The second-order valence-corrected chi connectivity index (χ2v) is 6.16. The van der Waals surface area contributed by atoms with E-state index in [4.69, 9.17) is 0 Å². The van der Waals surface area contributed by atoms with Crippen molar-refractivity contribution in [3.8, 4) is 0 Å². The Hall–Kier alpha value is -0.740. The molecule has 0 amide bonds. The number of nitrogens with zero attached hydrogens (tertiary/aromatic N) is 1. The maximum atomic E-state index is 11.3. The third kappa shape index (κ3) is 3.61. The van der Waals surface area contributed by atoms with Crippen LogP contribution in [-0.4, -0.2) is 26.7 Å². The van der Waals surface area contributed by atoms with E-state index in [2.05, 4.69) is 23.3 Å². The molecule has 2 heterocycles. The van der Waals surface area contributed by atoms with Gasteiger partial charge in [0.1, 0.15) is 0 Å². The average molecular weight is 252 g/mol. The molecular formula is C13H20N2OS. The normalized spacial score (nSPS) is 24.8. The summed E-state index contributed by atoms with van der Waals surface area (Å²) in [5, 5.41) is 3.54. The Morgan fingerprint density at radius 1 is 1.47 bits per heavy atom. The van der Waals surface area contributed by atoms with E-state index in [1.54, 1.807) is 0 Å². The Morgan fingerprint density at radius 3 is 2.94 bits per heavy atom. The molecule has 1 saturated heterocycles. The average Bonchev–Trinajstić information content (AvgIpc) is 2.38. The van der Waals surface area contributed by atoms with E-state index in [-0.39, 0.29) is 0 Å². The number of nitrogens with one attached hydrogen (secondary N) is 1. The van der Waals surface area contributed by atoms with Crippen LogP contribution in [0.15, 0.2) is 18.3 Å². The van der Waals surface area contributed by atoms with Crippen molar-refractivity contribution in [3.63, 3.8) is 0 Å². The second-order valence-electron chi connectivity index (χ2n) is 4.47. The zero-order valence-electron chi connectivity index (χ0n) is 10.3. The lowest BCUT2D eigenvalue weighted by atomic mass is 10.1. The van der Waals surface area contributed by atoms with Gasteiger partial charge in [0.2, 0.25) is 0 Å². The van der Waals surface area contributed by atoms with Crippen molar-refractivity contribution in [2.24, 2.45) is 0 Å². The molecule has 2 rings (SSSR count). The number of hydrogen-bond acceptors (Lipinski definition) is 3. The van der Waals surface area contributed by atoms with Crippen LogP contribution in [0.3, 0.4) is 0 Å². The summed E-state index contributed by atoms with van der Waals surface area (Å²) >= 11 is 0. The van der Waals surface area contributed by atoms with Crippen LogP contribution in [0.25, 0.3) is 0 Å². The van der Waals surface area contributed by atoms with E-state index in [1.165, 1.54) is 5.56 Å². The first-order chi connectivity index (χ1) is 8.29. The topological polar surface area (TPSA) is 42.0 Å². The van der Waals surface area contributed by atoms with Gasteiger partial charge in [0, 0.05) is 41.1 Å². The molecule has 0 saturated carbocycles. The van der Waals surface area contributed by atoms with Gasteiger partial charge in [-0.2, -0.15) is 0 Å². The second kappa shape index (κ2) is 6.26. The fourth-order valence-electron chi connectivity index (χ4n) is 2.19. The lowest BCUT2D eigenvalue weighted by Crippen LogP contribution is -2.35. The number of rotatable bonds is 4. The third-order valence-corrected chi connectivity index (χ3v) is 4.69. The van der Waals surface area contributed by atoms with Gasteiger partial charge in [0.15, 0.2) is 0 Å². The largest absolute Gasteiger partial charge is 0.308 e. The highest BCUT2D eigenvalue weighted by Crippen LogP contribution is 2.11. The van der Waals surface area contributed by atoms with Gasteiger partial charge in [-0.05, 0) is 30.9 Å². The Morgan fingerprint density at radius 2 is 2.24 bits per heavy atom. The molecule has 0 bridgehead atoms. The molecule has 1 aromatic rings. The molecule has 1 fully saturated rings. The summed E-state index contributed by atoms with van der Waals surface area (Å²) in [5.74, 6) is 1.70. The zero-order valence-corrected chi connectivity index (χ0v) is 11.1. The summed E-state index contributed by atoms with van der Waals surface area (Å²) < 4.78 is 11.3. The molecule has 1 N–H and O–H groups in total. The van der Waals surface area contributed by atoms with Crippen LogP contribution in [0, 0.1) is 0 Å². The van der Waals surface area contributed by atoms with Gasteiger partial charge < -0.3 is 5.32 Å². The summed E-state index contributed by atoms with van der Waals surface area (Å²) in [6.07, 6.45) is 4.94. The quantitative estimate of drug-likeness (QED) is 0.886. The van der Waals surface area contributed by atoms with Gasteiger partial charge in [-0.3, -0.25) is 9.19 Å². The molecule has 1 aliphatic rings. The number of aryl methyl sites for hydroxylation is 1. The molecule has 0 radical (unpaired) electrons. The molecule has 0 unspecified atom stereocenters. The van der Waals surface area contributed by atoms with E-state index in [1.807, 2.05) is 12.3 Å². The van der Waals surface area contributed by atoms with Gasteiger partial charge in [-0.1, -0.05) is 13.0 Å². The summed E-state index contributed by atoms with van der Waals surface area (Å²) in [7, 11) is -0.571. The fourth-order valence-corrected chi connectivity index (χ4v) is 3.49. The number of aromatic nitrogens is 1. The monoisotopic (exact) mass is 252 g/mol. The SMILES string of the molecule is CCc1cccnc1CNC1CCS(=O)CC1. The van der Waals surface area contributed by atoms with Crippen LogP contribution in [0.4, 0.5) is 0 Å². The molecule has 94 valence electrons. The van der Waals surface area contributed by atoms with Crippen LogP contribution in [-0.2, 0) is 23.8 Å². The lowest BCUT2D eigenvalue weighted by Gasteiger charge is -2.22. The van der Waals surface area contributed by atoms with E-state index < -0.39 is 10.8 Å². The summed E-state index contributed by atoms with van der Waals surface area (Å²) in [6, 6.07) is 4.64. The summed E-state index contributed by atoms with van der Waals surface area (Å²) in [5.41, 5.74) is 2.47. The highest BCUT2D eigenvalue weighted by Gasteiger charge is 2.17. The Bertz CT molecular complexity index is 385. The smallest absolute Gasteiger partial charge is 0.0573 e. The minimum absolute atomic E-state index is 0.513. The van der Waals surface area contributed by atoms with Crippen molar-refractivity contribution in [2.75, 3.05) is 11.5 Å². The molecule has 17 heavy (non-hydrogen) atoms. The van der Waals surface area contributed by atoms with Crippen LogP contribution >= 0.6 is 0 Å². The van der Waals surface area contributed by atoms with Gasteiger partial charge >= 0.3 is 0 Å². The zero-order chi connectivity index (χ0) is 12.1. The standard InChI is InChI=1S/C13H20N2OS/c1-2-11-4-3-7-14-13(11)10-15-12-5-8-17(16)9-6-12/h3-4,7,12,15H,2,5-6,8-10H2,1H3. The molecule has 3 nitrogen and oxygen atoms in total. The first-order valence-corrected chi connectivity index (χ1v) is 7.79. The molecule has 0 atom stereocenters. The molecule has 4 heteroatoms. The van der Waals surface area contributed by atoms with Gasteiger partial charge in [-0.15, -0.1) is 0 Å². The van der Waals surface area contributed by atoms with Gasteiger partial charge in [0.25, 0.3) is 0 Å². The maximum Gasteiger partial charge on any atom is 0.0573 e. The van der Waals surface area contributed by atoms with Crippen LogP contribution in [0.2, 0.25) is 0 Å². The molecule has 0 spiro atoms. The van der Waals surface area contributed by atoms with E-state index in [9.17, 15) is 4.21 Å². The first kappa shape index (κ1) is 12.7. The highest BCUT2D eigenvalue weighted by atomic mass is 32.2. The van der Waals surface area contributed by atoms with E-state index in [0.29, 0.717) is 6.04 Å². The van der Waals surface area contributed by atoms with Crippen LogP contribution < -0.4 is 5.32 Å². The van der Waals surface area contributed by atoms with Crippen LogP contribution in [0.1, 0.15) is 31.0 Å². The Balaban J connectivity index is 1.87.